The molecule has 1 aromatic rings. The Morgan fingerprint density at radius 1 is 1.30 bits per heavy atom. The van der Waals surface area contributed by atoms with Gasteiger partial charge in [0.1, 0.15) is 0 Å². The molecule has 0 saturated carbocycles. The molecular formula is C14H22N2O3S. The number of hydrogen-bond donors (Lipinski definition) is 2. The second-order valence-electron chi connectivity index (χ2n) is 5.32. The first-order valence-electron chi connectivity index (χ1n) is 6.92. The first-order valence-corrected chi connectivity index (χ1v) is 8.36. The van der Waals surface area contributed by atoms with Gasteiger partial charge in [0, 0.05) is 32.3 Å². The highest BCUT2D eigenvalue weighted by Crippen LogP contribution is 2.24. The molecule has 2 rings (SSSR count). The first kappa shape index (κ1) is 15.4. The third-order valence-corrected chi connectivity index (χ3v) is 5.60. The highest BCUT2D eigenvalue weighted by molar-refractivity contribution is 7.89. The minimum absolute atomic E-state index is 0.00710. The number of sulfonamides is 1. The molecule has 0 atom stereocenters. The van der Waals surface area contributed by atoms with Crippen molar-refractivity contribution in [1.29, 1.82) is 0 Å². The van der Waals surface area contributed by atoms with E-state index in [1.54, 1.807) is 12.1 Å². The van der Waals surface area contributed by atoms with E-state index in [1.165, 1.54) is 4.31 Å². The van der Waals surface area contributed by atoms with E-state index in [-0.39, 0.29) is 12.6 Å². The highest BCUT2D eigenvalue weighted by Gasteiger charge is 2.27. The average molecular weight is 298 g/mol. The number of benzene rings is 1. The zero-order chi connectivity index (χ0) is 14.8. The van der Waals surface area contributed by atoms with Crippen molar-refractivity contribution >= 4 is 10.0 Å². The fourth-order valence-corrected chi connectivity index (χ4v) is 4.18. The molecule has 0 fully saturated rings. The number of fused-ring (bicyclic) bond motifs is 1. The van der Waals surface area contributed by atoms with Gasteiger partial charge in [-0.1, -0.05) is 6.07 Å². The van der Waals surface area contributed by atoms with E-state index in [0.29, 0.717) is 17.9 Å². The second-order valence-corrected chi connectivity index (χ2v) is 7.21. The van der Waals surface area contributed by atoms with Crippen LogP contribution in [0.4, 0.5) is 0 Å². The summed E-state index contributed by atoms with van der Waals surface area (Å²) in [6.45, 7) is 5.55. The Hall–Kier alpha value is -0.950. The SMILES string of the molecule is CC(C)N(CCCO)S(=O)(=O)c1ccc2c(c1)CNC2. The largest absolute Gasteiger partial charge is 0.396 e. The maximum Gasteiger partial charge on any atom is 0.243 e. The summed E-state index contributed by atoms with van der Waals surface area (Å²) in [6, 6.07) is 5.19. The van der Waals surface area contributed by atoms with Crippen LogP contribution in [-0.2, 0) is 23.1 Å². The van der Waals surface area contributed by atoms with Gasteiger partial charge < -0.3 is 10.4 Å². The number of rotatable bonds is 6. The Labute approximate surface area is 120 Å². The van der Waals surface area contributed by atoms with Crippen LogP contribution >= 0.6 is 0 Å². The van der Waals surface area contributed by atoms with Crippen molar-refractivity contribution in [2.45, 2.75) is 44.3 Å². The van der Waals surface area contributed by atoms with Gasteiger partial charge in [0.2, 0.25) is 10.0 Å². The fraction of sp³-hybridized carbons (Fsp3) is 0.571. The van der Waals surface area contributed by atoms with Gasteiger partial charge in [0.25, 0.3) is 0 Å². The van der Waals surface area contributed by atoms with Crippen LogP contribution in [0.2, 0.25) is 0 Å². The van der Waals surface area contributed by atoms with Crippen molar-refractivity contribution in [1.82, 2.24) is 9.62 Å². The second kappa shape index (κ2) is 6.22. The molecule has 1 aliphatic heterocycles. The van der Waals surface area contributed by atoms with Gasteiger partial charge in [0.15, 0.2) is 0 Å². The summed E-state index contributed by atoms with van der Waals surface area (Å²) in [5.74, 6) is 0. The lowest BCUT2D eigenvalue weighted by atomic mass is 10.1. The van der Waals surface area contributed by atoms with Gasteiger partial charge in [-0.25, -0.2) is 8.42 Å². The molecule has 0 unspecified atom stereocenters. The zero-order valence-corrected chi connectivity index (χ0v) is 12.8. The van der Waals surface area contributed by atoms with Crippen molar-refractivity contribution in [2.75, 3.05) is 13.2 Å². The third-order valence-electron chi connectivity index (χ3n) is 3.53. The van der Waals surface area contributed by atoms with Gasteiger partial charge in [0.05, 0.1) is 4.90 Å². The molecular weight excluding hydrogens is 276 g/mol. The van der Waals surface area contributed by atoms with Crippen molar-refractivity contribution in [3.8, 4) is 0 Å². The molecule has 112 valence electrons. The van der Waals surface area contributed by atoms with Crippen molar-refractivity contribution < 1.29 is 13.5 Å². The van der Waals surface area contributed by atoms with Crippen LogP contribution in [0.3, 0.4) is 0 Å². The molecule has 1 aromatic carbocycles. The Bertz CT molecular complexity index is 570. The standard InChI is InChI=1S/C14H22N2O3S/c1-11(2)16(6-3-7-17)20(18,19)14-5-4-12-9-15-10-13(12)8-14/h4-5,8,11,15,17H,3,6-7,9-10H2,1-2H3. The molecule has 6 heteroatoms. The van der Waals surface area contributed by atoms with Gasteiger partial charge in [-0.15, -0.1) is 0 Å². The summed E-state index contributed by atoms with van der Waals surface area (Å²) < 4.78 is 26.9. The summed E-state index contributed by atoms with van der Waals surface area (Å²) >= 11 is 0. The quantitative estimate of drug-likeness (QED) is 0.824. The van der Waals surface area contributed by atoms with E-state index in [2.05, 4.69) is 5.32 Å². The molecule has 20 heavy (non-hydrogen) atoms. The van der Waals surface area contributed by atoms with E-state index < -0.39 is 10.0 Å². The highest BCUT2D eigenvalue weighted by atomic mass is 32.2. The van der Waals surface area contributed by atoms with Gasteiger partial charge in [-0.05, 0) is 43.5 Å². The molecule has 2 N–H and O–H groups in total. The monoisotopic (exact) mass is 298 g/mol. The minimum Gasteiger partial charge on any atom is -0.396 e. The zero-order valence-electron chi connectivity index (χ0n) is 12.0. The Morgan fingerprint density at radius 3 is 2.65 bits per heavy atom. The van der Waals surface area contributed by atoms with Crippen molar-refractivity contribution in [3.63, 3.8) is 0 Å². The van der Waals surface area contributed by atoms with E-state index in [9.17, 15) is 8.42 Å². The maximum absolute atomic E-state index is 12.7. The molecule has 1 heterocycles. The van der Waals surface area contributed by atoms with Gasteiger partial charge in [-0.2, -0.15) is 4.31 Å². The summed E-state index contributed by atoms with van der Waals surface area (Å²) in [4.78, 5) is 0.339. The van der Waals surface area contributed by atoms with Crippen LogP contribution in [0.25, 0.3) is 0 Å². The Morgan fingerprint density at radius 2 is 2.00 bits per heavy atom. The fourth-order valence-electron chi connectivity index (χ4n) is 2.45. The third kappa shape index (κ3) is 3.03. The van der Waals surface area contributed by atoms with Crippen LogP contribution in [0.1, 0.15) is 31.4 Å². The Balaban J connectivity index is 2.32. The summed E-state index contributed by atoms with van der Waals surface area (Å²) in [5.41, 5.74) is 2.22. The topological polar surface area (TPSA) is 69.6 Å². The minimum atomic E-state index is -3.50. The molecule has 0 aromatic heterocycles. The summed E-state index contributed by atoms with van der Waals surface area (Å²) in [7, 11) is -3.50. The number of aliphatic hydroxyl groups is 1. The van der Waals surface area contributed by atoms with E-state index in [1.807, 2.05) is 19.9 Å². The predicted molar refractivity (Wildman–Crippen MR) is 77.7 cm³/mol. The molecule has 0 amide bonds. The number of aliphatic hydroxyl groups excluding tert-OH is 1. The molecule has 0 aliphatic carbocycles. The van der Waals surface area contributed by atoms with Crippen LogP contribution in [0, 0.1) is 0 Å². The average Bonchev–Trinajstić information content (AvgIpc) is 2.85. The lowest BCUT2D eigenvalue weighted by Gasteiger charge is -2.25. The molecule has 0 saturated heterocycles. The lowest BCUT2D eigenvalue weighted by molar-refractivity contribution is 0.258. The predicted octanol–water partition coefficient (Wildman–Crippen LogP) is 1.07. The van der Waals surface area contributed by atoms with E-state index in [4.69, 9.17) is 5.11 Å². The summed E-state index contributed by atoms with van der Waals surface area (Å²) in [5, 5.41) is 12.1. The Kier molecular flexibility index (Phi) is 4.80. The molecule has 5 nitrogen and oxygen atoms in total. The molecule has 0 radical (unpaired) electrons. The first-order chi connectivity index (χ1) is 9.46. The normalized spacial score (nSPS) is 15.1. The maximum atomic E-state index is 12.7. The number of nitrogens with zero attached hydrogens (tertiary/aromatic N) is 1. The van der Waals surface area contributed by atoms with E-state index >= 15 is 0 Å². The van der Waals surface area contributed by atoms with Crippen LogP contribution < -0.4 is 5.32 Å². The summed E-state index contributed by atoms with van der Waals surface area (Å²) in [6.07, 6.45) is 0.448. The van der Waals surface area contributed by atoms with E-state index in [0.717, 1.165) is 24.2 Å². The smallest absolute Gasteiger partial charge is 0.243 e. The van der Waals surface area contributed by atoms with Crippen LogP contribution in [0.5, 0.6) is 0 Å². The van der Waals surface area contributed by atoms with Crippen molar-refractivity contribution in [2.24, 2.45) is 0 Å². The lowest BCUT2D eigenvalue weighted by Crippen LogP contribution is -2.38. The van der Waals surface area contributed by atoms with Crippen LogP contribution in [-0.4, -0.2) is 37.0 Å². The van der Waals surface area contributed by atoms with Crippen LogP contribution in [0.15, 0.2) is 23.1 Å². The number of hydrogen-bond acceptors (Lipinski definition) is 4. The number of nitrogens with one attached hydrogen (secondary N) is 1. The van der Waals surface area contributed by atoms with Gasteiger partial charge >= 0.3 is 0 Å². The van der Waals surface area contributed by atoms with Gasteiger partial charge in [-0.3, -0.25) is 0 Å². The molecule has 1 aliphatic rings. The van der Waals surface area contributed by atoms with Crippen molar-refractivity contribution in [3.05, 3.63) is 29.3 Å². The molecule has 0 spiro atoms. The molecule has 0 bridgehead atoms.